The van der Waals surface area contributed by atoms with E-state index in [0.29, 0.717) is 11.6 Å². The lowest BCUT2D eigenvalue weighted by Crippen LogP contribution is -2.12. The predicted molar refractivity (Wildman–Crippen MR) is 110 cm³/mol. The van der Waals surface area contributed by atoms with Gasteiger partial charge in [-0.2, -0.15) is 0 Å². The summed E-state index contributed by atoms with van der Waals surface area (Å²) >= 11 is 0. The molecule has 0 spiro atoms. The number of anilines is 1. The molecule has 29 heavy (non-hydrogen) atoms. The van der Waals surface area contributed by atoms with E-state index < -0.39 is 10.8 Å². The Hall–Kier alpha value is -4.00. The number of nitrogens with zero attached hydrogens (tertiary/aromatic N) is 2. The van der Waals surface area contributed by atoms with Gasteiger partial charge in [0.2, 0.25) is 5.89 Å². The average molecular weight is 387 g/mol. The van der Waals surface area contributed by atoms with Crippen LogP contribution in [0.5, 0.6) is 0 Å². The highest BCUT2D eigenvalue weighted by Gasteiger charge is 2.14. The number of rotatable bonds is 4. The highest BCUT2D eigenvalue weighted by atomic mass is 16.6. The molecule has 1 aromatic heterocycles. The Kier molecular flexibility index (Phi) is 4.56. The van der Waals surface area contributed by atoms with E-state index in [1.54, 1.807) is 18.2 Å². The summed E-state index contributed by atoms with van der Waals surface area (Å²) < 4.78 is 5.93. The summed E-state index contributed by atoms with van der Waals surface area (Å²) in [6.07, 6.45) is 0. The third-order valence-electron chi connectivity index (χ3n) is 4.51. The normalized spacial score (nSPS) is 10.8. The van der Waals surface area contributed by atoms with Gasteiger partial charge in [0.05, 0.1) is 4.92 Å². The predicted octanol–water partition coefficient (Wildman–Crippen LogP) is 5.27. The van der Waals surface area contributed by atoms with Crippen molar-refractivity contribution in [2.75, 3.05) is 5.32 Å². The van der Waals surface area contributed by atoms with Crippen LogP contribution in [0.3, 0.4) is 0 Å². The van der Waals surface area contributed by atoms with E-state index in [9.17, 15) is 14.9 Å². The van der Waals surface area contributed by atoms with Gasteiger partial charge in [0, 0.05) is 28.9 Å². The molecule has 0 unspecified atom stereocenters. The number of nitrogens with one attached hydrogen (secondary N) is 1. The summed E-state index contributed by atoms with van der Waals surface area (Å²) in [5, 5.41) is 13.7. The van der Waals surface area contributed by atoms with E-state index >= 15 is 0 Å². The largest absolute Gasteiger partial charge is 0.436 e. The molecular formula is C22H17N3O4. The molecule has 0 aliphatic carbocycles. The second kappa shape index (κ2) is 7.20. The first-order chi connectivity index (χ1) is 13.9. The molecule has 0 radical (unpaired) electrons. The van der Waals surface area contributed by atoms with Crippen molar-refractivity contribution in [2.45, 2.75) is 13.8 Å². The Labute approximate surface area is 166 Å². The lowest BCUT2D eigenvalue weighted by molar-refractivity contribution is -0.384. The van der Waals surface area contributed by atoms with Crippen LogP contribution in [0.4, 0.5) is 11.4 Å². The molecule has 0 aliphatic rings. The number of oxazole rings is 1. The maximum Gasteiger partial charge on any atom is 0.270 e. The Morgan fingerprint density at radius 1 is 1.07 bits per heavy atom. The number of benzene rings is 3. The molecule has 144 valence electrons. The molecule has 4 aromatic rings. The van der Waals surface area contributed by atoms with Gasteiger partial charge in [-0.05, 0) is 55.3 Å². The molecule has 0 saturated carbocycles. The molecule has 7 heteroatoms. The van der Waals surface area contributed by atoms with Gasteiger partial charge in [0.1, 0.15) is 5.52 Å². The van der Waals surface area contributed by atoms with Gasteiger partial charge in [-0.3, -0.25) is 14.9 Å². The number of fused-ring (bicyclic) bond motifs is 1. The van der Waals surface area contributed by atoms with Crippen molar-refractivity contribution in [3.8, 4) is 11.5 Å². The summed E-state index contributed by atoms with van der Waals surface area (Å²) in [5.74, 6) is 0.0232. The maximum absolute atomic E-state index is 12.5. The van der Waals surface area contributed by atoms with Crippen LogP contribution in [0.1, 0.15) is 21.5 Å². The van der Waals surface area contributed by atoms with Crippen molar-refractivity contribution in [1.29, 1.82) is 0 Å². The molecule has 4 rings (SSSR count). The zero-order chi connectivity index (χ0) is 20.5. The molecule has 0 atom stereocenters. The van der Waals surface area contributed by atoms with E-state index in [-0.39, 0.29) is 11.3 Å². The van der Waals surface area contributed by atoms with Crippen molar-refractivity contribution in [2.24, 2.45) is 0 Å². The standard InChI is InChI=1S/C22H17N3O4/c1-13-9-14(2)20-19(10-13)24-22(29-20)16-6-3-7-17(11-16)23-21(26)15-5-4-8-18(12-15)25(27)28/h3-12H,1-2H3,(H,23,26). The number of carbonyl (C=O) groups is 1. The van der Waals surface area contributed by atoms with Crippen LogP contribution in [0.25, 0.3) is 22.6 Å². The Morgan fingerprint density at radius 3 is 2.66 bits per heavy atom. The maximum atomic E-state index is 12.5. The third kappa shape index (κ3) is 3.70. The highest BCUT2D eigenvalue weighted by molar-refractivity contribution is 6.04. The quantitative estimate of drug-likeness (QED) is 0.380. The molecule has 7 nitrogen and oxygen atoms in total. The van der Waals surface area contributed by atoms with Crippen molar-refractivity contribution in [3.05, 3.63) is 87.5 Å². The molecule has 3 aromatic carbocycles. The number of hydrogen-bond donors (Lipinski definition) is 1. The van der Waals surface area contributed by atoms with Gasteiger partial charge >= 0.3 is 0 Å². The average Bonchev–Trinajstić information content (AvgIpc) is 3.13. The number of aromatic nitrogens is 1. The monoisotopic (exact) mass is 387 g/mol. The second-order valence-electron chi connectivity index (χ2n) is 6.79. The first kappa shape index (κ1) is 18.4. The van der Waals surface area contributed by atoms with Gasteiger partial charge < -0.3 is 9.73 Å². The lowest BCUT2D eigenvalue weighted by Gasteiger charge is -2.06. The molecule has 0 bridgehead atoms. The molecule has 1 amide bonds. The minimum atomic E-state index is -0.533. The molecule has 1 N–H and O–H groups in total. The first-order valence-corrected chi connectivity index (χ1v) is 8.95. The van der Waals surface area contributed by atoms with Crippen molar-refractivity contribution in [1.82, 2.24) is 4.98 Å². The molecular weight excluding hydrogens is 370 g/mol. The van der Waals surface area contributed by atoms with Crippen LogP contribution >= 0.6 is 0 Å². The summed E-state index contributed by atoms with van der Waals surface area (Å²) in [7, 11) is 0. The topological polar surface area (TPSA) is 98.3 Å². The van der Waals surface area contributed by atoms with E-state index in [4.69, 9.17) is 4.42 Å². The number of nitro benzene ring substituents is 1. The van der Waals surface area contributed by atoms with Crippen molar-refractivity contribution in [3.63, 3.8) is 0 Å². The summed E-state index contributed by atoms with van der Waals surface area (Å²) in [6.45, 7) is 3.98. The molecule has 0 aliphatic heterocycles. The van der Waals surface area contributed by atoms with Gasteiger partial charge in [0.15, 0.2) is 5.58 Å². The van der Waals surface area contributed by atoms with E-state index in [1.807, 2.05) is 32.0 Å². The number of amides is 1. The van der Waals surface area contributed by atoms with E-state index in [2.05, 4.69) is 10.3 Å². The van der Waals surface area contributed by atoms with Crippen LogP contribution in [0, 0.1) is 24.0 Å². The molecule has 0 saturated heterocycles. The van der Waals surface area contributed by atoms with E-state index in [1.165, 1.54) is 24.3 Å². The fourth-order valence-corrected chi connectivity index (χ4v) is 3.19. The summed E-state index contributed by atoms with van der Waals surface area (Å²) in [5.41, 5.74) is 4.95. The summed E-state index contributed by atoms with van der Waals surface area (Å²) in [6, 6.07) is 16.7. The zero-order valence-electron chi connectivity index (χ0n) is 15.8. The smallest absolute Gasteiger partial charge is 0.270 e. The number of non-ortho nitro benzene ring substituents is 1. The van der Waals surface area contributed by atoms with Gasteiger partial charge in [-0.15, -0.1) is 0 Å². The Bertz CT molecular complexity index is 1260. The number of nitro groups is 1. The SMILES string of the molecule is Cc1cc(C)c2oc(-c3cccc(NC(=O)c4cccc([N+](=O)[O-])c4)c3)nc2c1. The van der Waals surface area contributed by atoms with Gasteiger partial charge in [0.25, 0.3) is 11.6 Å². The second-order valence-corrected chi connectivity index (χ2v) is 6.79. The molecule has 0 fully saturated rings. The first-order valence-electron chi connectivity index (χ1n) is 8.95. The van der Waals surface area contributed by atoms with Crippen LogP contribution in [-0.2, 0) is 0 Å². The molecule has 1 heterocycles. The lowest BCUT2D eigenvalue weighted by atomic mass is 10.1. The fraction of sp³-hybridized carbons (Fsp3) is 0.0909. The highest BCUT2D eigenvalue weighted by Crippen LogP contribution is 2.29. The van der Waals surface area contributed by atoms with Crippen LogP contribution in [0.15, 0.2) is 65.1 Å². The van der Waals surface area contributed by atoms with Gasteiger partial charge in [-0.25, -0.2) is 4.98 Å². The Morgan fingerprint density at radius 2 is 1.86 bits per heavy atom. The third-order valence-corrected chi connectivity index (χ3v) is 4.51. The summed E-state index contributed by atoms with van der Waals surface area (Å²) in [4.78, 5) is 27.4. The number of carbonyl (C=O) groups excluding carboxylic acids is 1. The minimum Gasteiger partial charge on any atom is -0.436 e. The fourth-order valence-electron chi connectivity index (χ4n) is 3.19. The van der Waals surface area contributed by atoms with Gasteiger partial charge in [-0.1, -0.05) is 18.2 Å². The van der Waals surface area contributed by atoms with Crippen LogP contribution in [0.2, 0.25) is 0 Å². The minimum absolute atomic E-state index is 0.136. The Balaban J connectivity index is 1.62. The van der Waals surface area contributed by atoms with Crippen LogP contribution in [-0.4, -0.2) is 15.8 Å². The van der Waals surface area contributed by atoms with E-state index in [0.717, 1.165) is 27.8 Å². The van der Waals surface area contributed by atoms with Crippen LogP contribution < -0.4 is 5.32 Å². The van der Waals surface area contributed by atoms with Crippen molar-refractivity contribution < 1.29 is 14.1 Å². The zero-order valence-corrected chi connectivity index (χ0v) is 15.8. The number of aryl methyl sites for hydroxylation is 2. The number of hydrogen-bond acceptors (Lipinski definition) is 5. The van der Waals surface area contributed by atoms with Crippen molar-refractivity contribution >= 4 is 28.4 Å².